The van der Waals surface area contributed by atoms with Crippen LogP contribution in [0.25, 0.3) is 0 Å². The van der Waals surface area contributed by atoms with Gasteiger partial charge in [-0.2, -0.15) is 0 Å². The van der Waals surface area contributed by atoms with Gasteiger partial charge in [0.25, 0.3) is 0 Å². The topological polar surface area (TPSA) is 62.7 Å². The van der Waals surface area contributed by atoms with Gasteiger partial charge in [-0.3, -0.25) is 0 Å². The van der Waals surface area contributed by atoms with Crippen LogP contribution in [0.2, 0.25) is 0 Å². The second-order valence-corrected chi connectivity index (χ2v) is 8.19. The van der Waals surface area contributed by atoms with Crippen molar-refractivity contribution < 1.29 is 14.6 Å². The van der Waals surface area contributed by atoms with Gasteiger partial charge in [-0.15, -0.1) is 0 Å². The fourth-order valence-electron chi connectivity index (χ4n) is 2.91. The van der Waals surface area contributed by atoms with E-state index in [1.54, 1.807) is 18.3 Å². The number of carboxylic acid groups (broad SMARTS) is 1. The van der Waals surface area contributed by atoms with E-state index in [0.717, 1.165) is 25.8 Å². The van der Waals surface area contributed by atoms with Crippen LogP contribution in [0.1, 0.15) is 28.4 Å². The summed E-state index contributed by atoms with van der Waals surface area (Å²) in [5.41, 5.74) is 2.19. The van der Waals surface area contributed by atoms with E-state index in [-0.39, 0.29) is 5.56 Å². The van der Waals surface area contributed by atoms with E-state index in [2.05, 4.69) is 36.8 Å². The fraction of sp³-hybridized carbons (Fsp3) is 0.182. The number of rotatable bonds is 8. The van der Waals surface area contributed by atoms with Gasteiger partial charge in [0.05, 0.1) is 0 Å². The highest BCUT2D eigenvalue weighted by Gasteiger charge is 2.18. The van der Waals surface area contributed by atoms with Gasteiger partial charge in [0.1, 0.15) is 23.7 Å². The molecule has 0 atom stereocenters. The number of ether oxygens (including phenoxy) is 1. The van der Waals surface area contributed by atoms with Crippen molar-refractivity contribution in [2.75, 3.05) is 11.4 Å². The second-order valence-electron chi connectivity index (χ2n) is 6.36. The van der Waals surface area contributed by atoms with Crippen molar-refractivity contribution in [2.24, 2.45) is 0 Å². The normalized spacial score (nSPS) is 10.6. The van der Waals surface area contributed by atoms with Gasteiger partial charge >= 0.3 is 5.97 Å². The van der Waals surface area contributed by atoms with Gasteiger partial charge in [-0.05, 0) is 55.0 Å². The molecule has 0 saturated heterocycles. The lowest BCUT2D eigenvalue weighted by atomic mass is 10.1. The minimum absolute atomic E-state index is 0.182. The maximum atomic E-state index is 11.6. The van der Waals surface area contributed by atoms with Gasteiger partial charge in [0, 0.05) is 33.8 Å². The first-order chi connectivity index (χ1) is 14.0. The third-order valence-electron chi connectivity index (χ3n) is 4.39. The van der Waals surface area contributed by atoms with Crippen LogP contribution in [0.5, 0.6) is 5.75 Å². The number of benzene rings is 2. The Hall–Kier alpha value is -2.38. The van der Waals surface area contributed by atoms with Gasteiger partial charge in [-0.25, -0.2) is 9.78 Å². The van der Waals surface area contributed by atoms with Crippen molar-refractivity contribution in [2.45, 2.75) is 20.1 Å². The molecule has 3 aromatic rings. The van der Waals surface area contributed by atoms with Crippen LogP contribution in [-0.2, 0) is 13.2 Å². The molecule has 0 amide bonds. The first kappa shape index (κ1) is 21.3. The van der Waals surface area contributed by atoms with Crippen molar-refractivity contribution in [3.8, 4) is 5.75 Å². The molecule has 1 heterocycles. The van der Waals surface area contributed by atoms with Crippen LogP contribution < -0.4 is 9.64 Å². The molecule has 0 spiro atoms. The van der Waals surface area contributed by atoms with Gasteiger partial charge in [-0.1, -0.05) is 44.0 Å². The zero-order valence-electron chi connectivity index (χ0n) is 15.8. The number of aromatic carboxylic acids is 1. The van der Waals surface area contributed by atoms with Crippen LogP contribution in [0.4, 0.5) is 5.82 Å². The monoisotopic (exact) mass is 518 g/mol. The number of halogens is 2. The largest absolute Gasteiger partial charge is 0.489 e. The molecule has 0 unspecified atom stereocenters. The molecule has 5 nitrogen and oxygen atoms in total. The number of pyridine rings is 1. The Bertz CT molecular complexity index is 994. The van der Waals surface area contributed by atoms with Crippen LogP contribution in [0.15, 0.2) is 69.7 Å². The molecule has 0 saturated carbocycles. The Labute approximate surface area is 186 Å². The molecule has 1 aromatic heterocycles. The van der Waals surface area contributed by atoms with E-state index in [4.69, 9.17) is 4.74 Å². The van der Waals surface area contributed by atoms with E-state index >= 15 is 0 Å². The van der Waals surface area contributed by atoms with Crippen molar-refractivity contribution in [1.29, 1.82) is 0 Å². The summed E-state index contributed by atoms with van der Waals surface area (Å²) in [5.74, 6) is 0.205. The van der Waals surface area contributed by atoms with Gasteiger partial charge in [0.15, 0.2) is 0 Å². The minimum atomic E-state index is -0.993. The standard InChI is InChI=1S/C22H20Br2N2O3/c1-2-26(21-19(22(27)28)4-3-11-25-21)13-16-12-18(24)9-10-20(16)29-14-15-5-7-17(23)8-6-15/h3-12H,2,13-14H2,1H3,(H,27,28). The SMILES string of the molecule is CCN(Cc1cc(Br)ccc1OCc1ccc(Br)cc1)c1ncccc1C(=O)O. The summed E-state index contributed by atoms with van der Waals surface area (Å²) in [6.07, 6.45) is 1.61. The van der Waals surface area contributed by atoms with Crippen LogP contribution in [-0.4, -0.2) is 22.6 Å². The first-order valence-electron chi connectivity index (χ1n) is 9.07. The van der Waals surface area contributed by atoms with Crippen molar-refractivity contribution in [3.05, 3.63) is 86.4 Å². The van der Waals surface area contributed by atoms with E-state index in [9.17, 15) is 9.90 Å². The summed E-state index contributed by atoms with van der Waals surface area (Å²) < 4.78 is 8.03. The average Bonchev–Trinajstić information content (AvgIpc) is 2.72. The molecule has 2 aromatic carbocycles. The predicted octanol–water partition coefficient (Wildman–Crippen LogP) is 5.91. The predicted molar refractivity (Wildman–Crippen MR) is 121 cm³/mol. The second kappa shape index (κ2) is 9.89. The summed E-state index contributed by atoms with van der Waals surface area (Å²) in [6.45, 7) is 3.50. The number of hydrogen-bond acceptors (Lipinski definition) is 4. The molecule has 0 radical (unpaired) electrons. The molecular weight excluding hydrogens is 500 g/mol. The lowest BCUT2D eigenvalue weighted by Crippen LogP contribution is -2.25. The Morgan fingerprint density at radius 3 is 2.52 bits per heavy atom. The molecule has 0 fully saturated rings. The Kier molecular flexibility index (Phi) is 7.28. The van der Waals surface area contributed by atoms with Crippen LogP contribution >= 0.6 is 31.9 Å². The molecule has 1 N–H and O–H groups in total. The zero-order valence-corrected chi connectivity index (χ0v) is 19.0. The van der Waals surface area contributed by atoms with E-state index in [1.165, 1.54) is 0 Å². The molecular formula is C22H20Br2N2O3. The number of anilines is 1. The highest BCUT2D eigenvalue weighted by Crippen LogP contribution is 2.28. The summed E-state index contributed by atoms with van der Waals surface area (Å²) in [5, 5.41) is 9.50. The van der Waals surface area contributed by atoms with E-state index in [0.29, 0.717) is 25.5 Å². The summed E-state index contributed by atoms with van der Waals surface area (Å²) in [6, 6.07) is 17.0. The van der Waals surface area contributed by atoms with Crippen molar-refractivity contribution >= 4 is 43.6 Å². The molecule has 0 aliphatic rings. The van der Waals surface area contributed by atoms with Crippen LogP contribution in [0, 0.1) is 0 Å². The zero-order chi connectivity index (χ0) is 20.8. The van der Waals surface area contributed by atoms with E-state index < -0.39 is 5.97 Å². The maximum absolute atomic E-state index is 11.6. The number of aromatic nitrogens is 1. The highest BCUT2D eigenvalue weighted by molar-refractivity contribution is 9.10. The highest BCUT2D eigenvalue weighted by atomic mass is 79.9. The van der Waals surface area contributed by atoms with Gasteiger partial charge in [0.2, 0.25) is 0 Å². The van der Waals surface area contributed by atoms with E-state index in [1.807, 2.05) is 54.3 Å². The summed E-state index contributed by atoms with van der Waals surface area (Å²) >= 11 is 6.95. The molecule has 0 bridgehead atoms. The van der Waals surface area contributed by atoms with Crippen LogP contribution in [0.3, 0.4) is 0 Å². The molecule has 0 aliphatic heterocycles. The summed E-state index contributed by atoms with van der Waals surface area (Å²) in [4.78, 5) is 17.8. The van der Waals surface area contributed by atoms with Gasteiger partial charge < -0.3 is 14.7 Å². The Morgan fingerprint density at radius 1 is 1.10 bits per heavy atom. The third kappa shape index (κ3) is 5.58. The Morgan fingerprint density at radius 2 is 1.83 bits per heavy atom. The molecule has 3 rings (SSSR count). The summed E-state index contributed by atoms with van der Waals surface area (Å²) in [7, 11) is 0. The number of carboxylic acids is 1. The Balaban J connectivity index is 1.85. The average molecular weight is 520 g/mol. The van der Waals surface area contributed by atoms with Crippen molar-refractivity contribution in [1.82, 2.24) is 4.98 Å². The number of nitrogens with zero attached hydrogens (tertiary/aromatic N) is 2. The lowest BCUT2D eigenvalue weighted by molar-refractivity contribution is 0.0697. The maximum Gasteiger partial charge on any atom is 0.339 e. The fourth-order valence-corrected chi connectivity index (χ4v) is 3.58. The molecule has 0 aliphatic carbocycles. The van der Waals surface area contributed by atoms with Crippen molar-refractivity contribution in [3.63, 3.8) is 0 Å². The number of carbonyl (C=O) groups is 1. The smallest absolute Gasteiger partial charge is 0.339 e. The molecule has 7 heteroatoms. The quantitative estimate of drug-likeness (QED) is 0.400. The molecule has 29 heavy (non-hydrogen) atoms. The first-order valence-corrected chi connectivity index (χ1v) is 10.7. The molecule has 150 valence electrons. The lowest BCUT2D eigenvalue weighted by Gasteiger charge is -2.24. The minimum Gasteiger partial charge on any atom is -0.489 e. The number of hydrogen-bond donors (Lipinski definition) is 1. The third-order valence-corrected chi connectivity index (χ3v) is 5.41.